The Bertz CT molecular complexity index is 784. The molecule has 5 nitrogen and oxygen atoms in total. The first-order valence-electron chi connectivity index (χ1n) is 7.18. The van der Waals surface area contributed by atoms with E-state index in [0.29, 0.717) is 11.7 Å². The van der Waals surface area contributed by atoms with Crippen molar-refractivity contribution in [2.24, 2.45) is 0 Å². The predicted octanol–water partition coefficient (Wildman–Crippen LogP) is 2.91. The second-order valence-electron chi connectivity index (χ2n) is 5.47. The van der Waals surface area contributed by atoms with Gasteiger partial charge in [-0.1, -0.05) is 11.2 Å². The van der Waals surface area contributed by atoms with Gasteiger partial charge in [-0.25, -0.2) is 0 Å². The zero-order valence-electron chi connectivity index (χ0n) is 11.4. The van der Waals surface area contributed by atoms with E-state index in [1.807, 2.05) is 30.3 Å². The lowest BCUT2D eigenvalue weighted by Crippen LogP contribution is -2.11. The van der Waals surface area contributed by atoms with Crippen molar-refractivity contribution in [2.75, 3.05) is 0 Å². The molecule has 2 atom stereocenters. The summed E-state index contributed by atoms with van der Waals surface area (Å²) in [7, 11) is 0. The molecule has 0 radical (unpaired) electrons. The fourth-order valence-electron chi connectivity index (χ4n) is 2.95. The Kier molecular flexibility index (Phi) is 2.93. The minimum Gasteiger partial charge on any atom is -0.392 e. The minimum absolute atomic E-state index is 0.0200. The summed E-state index contributed by atoms with van der Waals surface area (Å²) in [6.07, 6.45) is 4.13. The van der Waals surface area contributed by atoms with Crippen LogP contribution in [0.25, 0.3) is 22.3 Å². The number of pyridine rings is 1. The molecule has 5 heteroatoms. The molecule has 1 fully saturated rings. The summed E-state index contributed by atoms with van der Waals surface area (Å²) in [6, 6.07) is 9.80. The third kappa shape index (κ3) is 2.19. The van der Waals surface area contributed by atoms with Crippen LogP contribution in [0.1, 0.15) is 31.1 Å². The molecule has 2 aromatic heterocycles. The van der Waals surface area contributed by atoms with Crippen molar-refractivity contribution in [3.8, 4) is 11.4 Å². The molecule has 1 N–H and O–H groups in total. The van der Waals surface area contributed by atoms with Gasteiger partial charge in [-0.15, -0.1) is 0 Å². The number of rotatable bonds is 2. The van der Waals surface area contributed by atoms with Crippen LogP contribution in [-0.4, -0.2) is 26.3 Å². The number of benzene rings is 1. The molecule has 1 saturated carbocycles. The number of aromatic nitrogens is 3. The molecule has 2 unspecified atom stereocenters. The summed E-state index contributed by atoms with van der Waals surface area (Å²) in [5.74, 6) is 1.09. The summed E-state index contributed by atoms with van der Waals surface area (Å²) in [4.78, 5) is 8.76. The third-order valence-electron chi connectivity index (χ3n) is 4.10. The fraction of sp³-hybridized carbons (Fsp3) is 0.312. The largest absolute Gasteiger partial charge is 0.392 e. The smallest absolute Gasteiger partial charge is 0.232 e. The Labute approximate surface area is 121 Å². The van der Waals surface area contributed by atoms with Crippen LogP contribution in [-0.2, 0) is 0 Å². The summed E-state index contributed by atoms with van der Waals surface area (Å²) in [6.45, 7) is 0. The molecular formula is C16H15N3O2. The summed E-state index contributed by atoms with van der Waals surface area (Å²) in [5, 5.41) is 15.0. The minimum atomic E-state index is -0.362. The lowest BCUT2D eigenvalue weighted by atomic mass is 10.1. The van der Waals surface area contributed by atoms with Crippen molar-refractivity contribution in [3.05, 3.63) is 42.4 Å². The highest BCUT2D eigenvalue weighted by Gasteiger charge is 2.31. The van der Waals surface area contributed by atoms with Crippen LogP contribution < -0.4 is 0 Å². The van der Waals surface area contributed by atoms with Crippen molar-refractivity contribution in [2.45, 2.75) is 31.3 Å². The van der Waals surface area contributed by atoms with Gasteiger partial charge >= 0.3 is 0 Å². The van der Waals surface area contributed by atoms with Crippen molar-refractivity contribution in [3.63, 3.8) is 0 Å². The molecule has 4 rings (SSSR count). The van der Waals surface area contributed by atoms with Crippen LogP contribution in [0.2, 0.25) is 0 Å². The predicted molar refractivity (Wildman–Crippen MR) is 77.6 cm³/mol. The average Bonchev–Trinajstić information content (AvgIpc) is 3.15. The van der Waals surface area contributed by atoms with Crippen molar-refractivity contribution in [1.82, 2.24) is 15.1 Å². The average molecular weight is 281 g/mol. The summed E-state index contributed by atoms with van der Waals surface area (Å²) < 4.78 is 5.35. The van der Waals surface area contributed by atoms with E-state index in [2.05, 4.69) is 15.1 Å². The van der Waals surface area contributed by atoms with Gasteiger partial charge in [0.1, 0.15) is 0 Å². The molecule has 0 aliphatic heterocycles. The van der Waals surface area contributed by atoms with Crippen LogP contribution in [0.15, 0.2) is 41.1 Å². The van der Waals surface area contributed by atoms with E-state index in [9.17, 15) is 5.11 Å². The highest BCUT2D eigenvalue weighted by atomic mass is 16.5. The van der Waals surface area contributed by atoms with E-state index >= 15 is 0 Å². The number of aliphatic hydroxyl groups is 1. The Morgan fingerprint density at radius 2 is 2.14 bits per heavy atom. The Morgan fingerprint density at radius 3 is 3.00 bits per heavy atom. The lowest BCUT2D eigenvalue weighted by molar-refractivity contribution is 0.148. The van der Waals surface area contributed by atoms with Gasteiger partial charge in [0.25, 0.3) is 0 Å². The maximum Gasteiger partial charge on any atom is 0.232 e. The zero-order valence-corrected chi connectivity index (χ0v) is 11.4. The first-order valence-corrected chi connectivity index (χ1v) is 7.18. The molecule has 1 aliphatic rings. The topological polar surface area (TPSA) is 72.0 Å². The molecule has 106 valence electrons. The van der Waals surface area contributed by atoms with E-state index < -0.39 is 0 Å². The number of hydrogen-bond acceptors (Lipinski definition) is 5. The molecule has 3 aromatic rings. The standard InChI is InChI=1S/C16H15N3O2/c20-14-5-1-4-12(14)16-18-15(19-21-16)11-6-7-13-10(9-11)3-2-8-17-13/h2-3,6-9,12,14,20H,1,4-5H2. The van der Waals surface area contributed by atoms with Crippen molar-refractivity contribution >= 4 is 10.9 Å². The van der Waals surface area contributed by atoms with Crippen LogP contribution in [0.4, 0.5) is 0 Å². The number of fused-ring (bicyclic) bond motifs is 1. The molecule has 0 amide bonds. The highest BCUT2D eigenvalue weighted by molar-refractivity contribution is 5.82. The molecule has 0 spiro atoms. The molecule has 0 bridgehead atoms. The molecule has 1 aromatic carbocycles. The fourth-order valence-corrected chi connectivity index (χ4v) is 2.95. The first-order chi connectivity index (χ1) is 10.3. The monoisotopic (exact) mass is 281 g/mol. The molecular weight excluding hydrogens is 266 g/mol. The number of aliphatic hydroxyl groups excluding tert-OH is 1. The Hall–Kier alpha value is -2.27. The molecule has 2 heterocycles. The maximum atomic E-state index is 9.93. The van der Waals surface area contributed by atoms with Gasteiger partial charge in [0, 0.05) is 17.1 Å². The van der Waals surface area contributed by atoms with Crippen molar-refractivity contribution < 1.29 is 9.63 Å². The van der Waals surface area contributed by atoms with Crippen LogP contribution >= 0.6 is 0 Å². The van der Waals surface area contributed by atoms with Gasteiger partial charge in [0.05, 0.1) is 17.5 Å². The van der Waals surface area contributed by atoms with Gasteiger partial charge in [-0.05, 0) is 43.5 Å². The number of hydrogen-bond donors (Lipinski definition) is 1. The lowest BCUT2D eigenvalue weighted by Gasteiger charge is -2.07. The van der Waals surface area contributed by atoms with E-state index in [1.54, 1.807) is 6.20 Å². The van der Waals surface area contributed by atoms with Gasteiger partial charge < -0.3 is 9.63 Å². The molecule has 0 saturated heterocycles. The summed E-state index contributed by atoms with van der Waals surface area (Å²) >= 11 is 0. The van der Waals surface area contributed by atoms with E-state index in [1.165, 1.54) is 0 Å². The number of nitrogens with zero attached hydrogens (tertiary/aromatic N) is 3. The van der Waals surface area contributed by atoms with Crippen LogP contribution in [0.3, 0.4) is 0 Å². The highest BCUT2D eigenvalue weighted by Crippen LogP contribution is 2.34. The van der Waals surface area contributed by atoms with E-state index in [-0.39, 0.29) is 12.0 Å². The van der Waals surface area contributed by atoms with E-state index in [0.717, 1.165) is 35.7 Å². The first kappa shape index (κ1) is 12.5. The maximum absolute atomic E-state index is 9.93. The van der Waals surface area contributed by atoms with Gasteiger partial charge in [0.15, 0.2) is 0 Å². The third-order valence-corrected chi connectivity index (χ3v) is 4.10. The SMILES string of the molecule is OC1CCCC1c1nc(-c2ccc3ncccc3c2)no1. The second-order valence-corrected chi connectivity index (χ2v) is 5.47. The molecule has 21 heavy (non-hydrogen) atoms. The quantitative estimate of drug-likeness (QED) is 0.782. The van der Waals surface area contributed by atoms with Crippen LogP contribution in [0, 0.1) is 0 Å². The van der Waals surface area contributed by atoms with Gasteiger partial charge in [-0.3, -0.25) is 4.98 Å². The normalized spacial score (nSPS) is 22.0. The van der Waals surface area contributed by atoms with Crippen LogP contribution in [0.5, 0.6) is 0 Å². The summed E-state index contributed by atoms with van der Waals surface area (Å²) in [5.41, 5.74) is 1.84. The van der Waals surface area contributed by atoms with Crippen molar-refractivity contribution in [1.29, 1.82) is 0 Å². The Morgan fingerprint density at radius 1 is 1.19 bits per heavy atom. The second kappa shape index (κ2) is 4.93. The molecule has 1 aliphatic carbocycles. The Balaban J connectivity index is 1.70. The van der Waals surface area contributed by atoms with Gasteiger partial charge in [0.2, 0.25) is 11.7 Å². The van der Waals surface area contributed by atoms with Gasteiger partial charge in [-0.2, -0.15) is 4.98 Å². The zero-order chi connectivity index (χ0) is 14.2. The van der Waals surface area contributed by atoms with E-state index in [4.69, 9.17) is 4.52 Å².